The predicted molar refractivity (Wildman–Crippen MR) is 75.5 cm³/mol. The Hall–Kier alpha value is -0.430. The molecule has 2 rings (SSSR count). The van der Waals surface area contributed by atoms with Gasteiger partial charge in [0.1, 0.15) is 5.82 Å². The molecule has 0 aliphatic carbocycles. The van der Waals surface area contributed by atoms with Gasteiger partial charge in [-0.3, -0.25) is 0 Å². The smallest absolute Gasteiger partial charge is 0.174 e. The van der Waals surface area contributed by atoms with E-state index in [1.54, 1.807) is 11.8 Å². The summed E-state index contributed by atoms with van der Waals surface area (Å²) in [6.07, 6.45) is 0. The van der Waals surface area contributed by atoms with E-state index in [1.807, 2.05) is 19.9 Å². The summed E-state index contributed by atoms with van der Waals surface area (Å²) in [4.78, 5) is 5.46. The van der Waals surface area contributed by atoms with Crippen LogP contribution in [0, 0.1) is 6.92 Å². The van der Waals surface area contributed by atoms with Crippen molar-refractivity contribution in [1.82, 2.24) is 9.36 Å². The van der Waals surface area contributed by atoms with E-state index in [1.165, 1.54) is 11.5 Å². The van der Waals surface area contributed by atoms with Crippen LogP contribution in [0.1, 0.15) is 24.4 Å². The molecule has 0 radical (unpaired) electrons. The Morgan fingerprint density at radius 3 is 2.76 bits per heavy atom. The Bertz CT molecular complexity index is 525. The molecule has 0 unspecified atom stereocenters. The Kier molecular flexibility index (Phi) is 4.19. The van der Waals surface area contributed by atoms with E-state index in [-0.39, 0.29) is 6.04 Å². The molecular formula is C11H12BrN3S2. The molecule has 0 saturated heterocycles. The lowest BCUT2D eigenvalue weighted by molar-refractivity contribution is 0.815. The fourth-order valence-electron chi connectivity index (χ4n) is 1.30. The quantitative estimate of drug-likeness (QED) is 0.930. The maximum Gasteiger partial charge on any atom is 0.174 e. The molecule has 0 bridgehead atoms. The van der Waals surface area contributed by atoms with Crippen molar-refractivity contribution in [3.05, 3.63) is 34.1 Å². The van der Waals surface area contributed by atoms with Crippen molar-refractivity contribution in [2.45, 2.75) is 29.1 Å². The zero-order chi connectivity index (χ0) is 12.4. The summed E-state index contributed by atoms with van der Waals surface area (Å²) < 4.78 is 6.16. The lowest BCUT2D eigenvalue weighted by atomic mass is 10.1. The van der Waals surface area contributed by atoms with Crippen LogP contribution in [-0.2, 0) is 0 Å². The van der Waals surface area contributed by atoms with Gasteiger partial charge < -0.3 is 5.73 Å². The molecular weight excluding hydrogens is 318 g/mol. The zero-order valence-electron chi connectivity index (χ0n) is 9.48. The molecule has 17 heavy (non-hydrogen) atoms. The standard InChI is InChI=1S/C11H12BrN3S2/c1-6(13)8-3-4-10(9(12)5-8)16-11-14-7(2)15-17-11/h3-6H,13H2,1-2H3/t6-/m0/s1. The molecule has 0 saturated carbocycles. The van der Waals surface area contributed by atoms with Gasteiger partial charge in [0.15, 0.2) is 4.34 Å². The van der Waals surface area contributed by atoms with Crippen molar-refractivity contribution in [1.29, 1.82) is 0 Å². The van der Waals surface area contributed by atoms with Crippen LogP contribution in [0.25, 0.3) is 0 Å². The van der Waals surface area contributed by atoms with Gasteiger partial charge in [0.25, 0.3) is 0 Å². The zero-order valence-corrected chi connectivity index (χ0v) is 12.7. The number of hydrogen-bond donors (Lipinski definition) is 1. The number of hydrogen-bond acceptors (Lipinski definition) is 5. The van der Waals surface area contributed by atoms with Crippen LogP contribution in [0.3, 0.4) is 0 Å². The number of aryl methyl sites for hydroxylation is 1. The van der Waals surface area contributed by atoms with Crippen molar-refractivity contribution in [3.63, 3.8) is 0 Å². The van der Waals surface area contributed by atoms with Gasteiger partial charge in [0, 0.05) is 15.4 Å². The van der Waals surface area contributed by atoms with E-state index in [0.29, 0.717) is 0 Å². The van der Waals surface area contributed by atoms with E-state index >= 15 is 0 Å². The highest BCUT2D eigenvalue weighted by Crippen LogP contribution is 2.35. The molecule has 0 spiro atoms. The summed E-state index contributed by atoms with van der Waals surface area (Å²) in [6, 6.07) is 6.21. The number of halogens is 1. The molecule has 2 aromatic rings. The summed E-state index contributed by atoms with van der Waals surface area (Å²) in [5.41, 5.74) is 6.96. The normalized spacial score (nSPS) is 12.7. The summed E-state index contributed by atoms with van der Waals surface area (Å²) in [6.45, 7) is 3.87. The van der Waals surface area contributed by atoms with E-state index in [0.717, 1.165) is 25.1 Å². The van der Waals surface area contributed by atoms with Crippen LogP contribution in [0.4, 0.5) is 0 Å². The van der Waals surface area contributed by atoms with E-state index in [2.05, 4.69) is 37.4 Å². The molecule has 1 aromatic heterocycles. The monoisotopic (exact) mass is 329 g/mol. The summed E-state index contributed by atoms with van der Waals surface area (Å²) >= 11 is 6.59. The van der Waals surface area contributed by atoms with Crippen LogP contribution in [0.2, 0.25) is 0 Å². The number of rotatable bonds is 3. The number of aromatic nitrogens is 2. The van der Waals surface area contributed by atoms with Crippen molar-refractivity contribution in [2.75, 3.05) is 0 Å². The summed E-state index contributed by atoms with van der Waals surface area (Å²) in [5, 5.41) is 0. The predicted octanol–water partition coefficient (Wildman–Crippen LogP) is 3.78. The molecule has 0 aliphatic heterocycles. The van der Waals surface area contributed by atoms with Gasteiger partial charge in [0.2, 0.25) is 0 Å². The van der Waals surface area contributed by atoms with Gasteiger partial charge in [0.05, 0.1) is 0 Å². The highest BCUT2D eigenvalue weighted by Gasteiger charge is 2.08. The first-order chi connectivity index (χ1) is 8.06. The van der Waals surface area contributed by atoms with Gasteiger partial charge in [-0.2, -0.15) is 4.37 Å². The summed E-state index contributed by atoms with van der Waals surface area (Å²) in [5.74, 6) is 0.820. The first-order valence-corrected chi connectivity index (χ1v) is 7.48. The fourth-order valence-corrected chi connectivity index (χ4v) is 3.55. The van der Waals surface area contributed by atoms with Gasteiger partial charge in [-0.25, -0.2) is 4.98 Å². The third-order valence-corrected chi connectivity index (χ3v) is 5.02. The van der Waals surface area contributed by atoms with Crippen molar-refractivity contribution < 1.29 is 0 Å². The maximum absolute atomic E-state index is 5.84. The number of nitrogens with two attached hydrogens (primary N) is 1. The lowest BCUT2D eigenvalue weighted by Crippen LogP contribution is -2.04. The largest absolute Gasteiger partial charge is 0.324 e. The van der Waals surface area contributed by atoms with Gasteiger partial charge in [-0.1, -0.05) is 17.8 Å². The Labute approximate surface area is 117 Å². The molecule has 6 heteroatoms. The maximum atomic E-state index is 5.84. The van der Waals surface area contributed by atoms with Crippen LogP contribution in [0.15, 0.2) is 31.9 Å². The molecule has 1 heterocycles. The summed E-state index contributed by atoms with van der Waals surface area (Å²) in [7, 11) is 0. The van der Waals surface area contributed by atoms with Crippen LogP contribution >= 0.6 is 39.2 Å². The third-order valence-electron chi connectivity index (χ3n) is 2.19. The molecule has 1 aromatic carbocycles. The number of benzene rings is 1. The minimum atomic E-state index is 0.0501. The molecule has 2 N–H and O–H groups in total. The first kappa shape index (κ1) is 13.0. The molecule has 0 aliphatic rings. The minimum Gasteiger partial charge on any atom is -0.324 e. The van der Waals surface area contributed by atoms with Crippen molar-refractivity contribution in [3.8, 4) is 0 Å². The second kappa shape index (κ2) is 5.48. The Morgan fingerprint density at radius 1 is 1.47 bits per heavy atom. The molecule has 0 fully saturated rings. The van der Waals surface area contributed by atoms with E-state index < -0.39 is 0 Å². The first-order valence-electron chi connectivity index (χ1n) is 5.09. The third kappa shape index (κ3) is 3.28. The van der Waals surface area contributed by atoms with Crippen LogP contribution in [-0.4, -0.2) is 9.36 Å². The highest BCUT2D eigenvalue weighted by molar-refractivity contribution is 9.10. The minimum absolute atomic E-state index is 0.0501. The van der Waals surface area contributed by atoms with Gasteiger partial charge >= 0.3 is 0 Å². The average molecular weight is 330 g/mol. The second-order valence-electron chi connectivity index (χ2n) is 3.69. The average Bonchev–Trinajstić information content (AvgIpc) is 2.67. The van der Waals surface area contributed by atoms with Crippen molar-refractivity contribution >= 4 is 39.2 Å². The van der Waals surface area contributed by atoms with Crippen LogP contribution in [0.5, 0.6) is 0 Å². The molecule has 90 valence electrons. The number of nitrogens with zero attached hydrogens (tertiary/aromatic N) is 2. The Morgan fingerprint density at radius 2 is 2.24 bits per heavy atom. The topological polar surface area (TPSA) is 51.8 Å². The van der Waals surface area contributed by atoms with Crippen molar-refractivity contribution in [2.24, 2.45) is 5.73 Å². The molecule has 1 atom stereocenters. The lowest BCUT2D eigenvalue weighted by Gasteiger charge is -2.08. The van der Waals surface area contributed by atoms with Gasteiger partial charge in [-0.05, 0) is 59.0 Å². The van der Waals surface area contributed by atoms with Crippen LogP contribution < -0.4 is 5.73 Å². The molecule has 0 amide bonds. The molecule has 3 nitrogen and oxygen atoms in total. The second-order valence-corrected chi connectivity index (χ2v) is 6.58. The SMILES string of the molecule is Cc1nsc(Sc2ccc([C@H](C)N)cc2Br)n1. The van der Waals surface area contributed by atoms with Gasteiger partial charge in [-0.15, -0.1) is 0 Å². The van der Waals surface area contributed by atoms with E-state index in [4.69, 9.17) is 5.73 Å². The van der Waals surface area contributed by atoms with E-state index in [9.17, 15) is 0 Å². The Balaban J connectivity index is 2.22. The fraction of sp³-hybridized carbons (Fsp3) is 0.273. The highest BCUT2D eigenvalue weighted by atomic mass is 79.9.